The third kappa shape index (κ3) is 7.43. The Hall–Kier alpha value is -3.36. The molecule has 2 amide bonds. The average molecular weight is 582 g/mol. The Morgan fingerprint density at radius 2 is 1.52 bits per heavy atom. The van der Waals surface area contributed by atoms with Crippen LogP contribution in [-0.2, 0) is 26.0 Å². The molecule has 1 aliphatic carbocycles. The number of halogens is 1. The highest BCUT2D eigenvalue weighted by atomic mass is 35.5. The van der Waals surface area contributed by atoms with Crippen molar-refractivity contribution >= 4 is 39.1 Å². The summed E-state index contributed by atoms with van der Waals surface area (Å²) in [6, 6.07) is 23.5. The molecule has 0 spiro atoms. The van der Waals surface area contributed by atoms with Gasteiger partial charge in [0.1, 0.15) is 12.6 Å². The SMILES string of the molecule is CC[C@H](C(=O)NC1CCCC1)N(CCc1ccccc1)C(=O)CN(c1ccccc1)S(=O)(=O)c1ccc(Cl)cc1. The van der Waals surface area contributed by atoms with E-state index in [4.69, 9.17) is 11.6 Å². The molecule has 1 atom stereocenters. The van der Waals surface area contributed by atoms with Crippen LogP contribution in [0.2, 0.25) is 5.02 Å². The largest absolute Gasteiger partial charge is 0.352 e. The zero-order chi connectivity index (χ0) is 28.5. The van der Waals surface area contributed by atoms with E-state index in [1.54, 1.807) is 35.2 Å². The van der Waals surface area contributed by atoms with Crippen LogP contribution in [0.5, 0.6) is 0 Å². The quantitative estimate of drug-likeness (QED) is 0.308. The zero-order valence-electron chi connectivity index (χ0n) is 22.7. The number of hydrogen-bond acceptors (Lipinski definition) is 4. The number of carbonyl (C=O) groups excluding carboxylic acids is 2. The molecule has 0 heterocycles. The number of nitrogens with one attached hydrogen (secondary N) is 1. The molecule has 1 saturated carbocycles. The van der Waals surface area contributed by atoms with Gasteiger partial charge in [-0.3, -0.25) is 13.9 Å². The molecule has 1 fully saturated rings. The topological polar surface area (TPSA) is 86.8 Å². The highest BCUT2D eigenvalue weighted by Crippen LogP contribution is 2.25. The number of nitrogens with zero attached hydrogens (tertiary/aromatic N) is 2. The van der Waals surface area contributed by atoms with E-state index in [1.807, 2.05) is 37.3 Å². The Labute approximate surface area is 242 Å². The zero-order valence-corrected chi connectivity index (χ0v) is 24.3. The fourth-order valence-corrected chi connectivity index (χ4v) is 6.66. The van der Waals surface area contributed by atoms with Gasteiger partial charge < -0.3 is 10.2 Å². The third-order valence-electron chi connectivity index (χ3n) is 7.30. The van der Waals surface area contributed by atoms with Crippen LogP contribution in [0.25, 0.3) is 0 Å². The van der Waals surface area contributed by atoms with Crippen molar-refractivity contribution in [2.24, 2.45) is 0 Å². The van der Waals surface area contributed by atoms with Crippen LogP contribution in [-0.4, -0.2) is 50.3 Å². The summed E-state index contributed by atoms with van der Waals surface area (Å²) in [4.78, 5) is 29.1. The smallest absolute Gasteiger partial charge is 0.264 e. The van der Waals surface area contributed by atoms with Crippen molar-refractivity contribution in [2.75, 3.05) is 17.4 Å². The lowest BCUT2D eigenvalue weighted by molar-refractivity contribution is -0.139. The molecule has 4 rings (SSSR count). The molecule has 3 aromatic carbocycles. The lowest BCUT2D eigenvalue weighted by Crippen LogP contribution is -2.54. The van der Waals surface area contributed by atoms with E-state index in [9.17, 15) is 18.0 Å². The molecule has 212 valence electrons. The van der Waals surface area contributed by atoms with Gasteiger partial charge in [-0.15, -0.1) is 0 Å². The molecule has 0 aliphatic heterocycles. The Balaban J connectivity index is 1.65. The highest BCUT2D eigenvalue weighted by Gasteiger charge is 2.34. The number of hydrogen-bond donors (Lipinski definition) is 1. The molecule has 40 heavy (non-hydrogen) atoms. The first kappa shape index (κ1) is 29.6. The summed E-state index contributed by atoms with van der Waals surface area (Å²) in [6.07, 6.45) is 4.96. The second-order valence-corrected chi connectivity index (χ2v) is 12.3. The van der Waals surface area contributed by atoms with Crippen LogP contribution in [0.15, 0.2) is 89.8 Å². The number of anilines is 1. The molecule has 1 N–H and O–H groups in total. The first-order chi connectivity index (χ1) is 19.3. The van der Waals surface area contributed by atoms with Crippen LogP contribution in [0.1, 0.15) is 44.6 Å². The van der Waals surface area contributed by atoms with Gasteiger partial charge in [-0.05, 0) is 67.6 Å². The van der Waals surface area contributed by atoms with Gasteiger partial charge in [0.25, 0.3) is 10.0 Å². The van der Waals surface area contributed by atoms with E-state index in [0.717, 1.165) is 35.6 Å². The van der Waals surface area contributed by atoms with Gasteiger partial charge in [0.15, 0.2) is 0 Å². The summed E-state index contributed by atoms with van der Waals surface area (Å²) in [5, 5.41) is 3.54. The summed E-state index contributed by atoms with van der Waals surface area (Å²) in [6.45, 7) is 1.71. The van der Waals surface area contributed by atoms with Crippen molar-refractivity contribution in [3.05, 3.63) is 95.5 Å². The molecule has 1 aliphatic rings. The van der Waals surface area contributed by atoms with Crippen molar-refractivity contribution in [3.63, 3.8) is 0 Å². The number of amides is 2. The van der Waals surface area contributed by atoms with E-state index in [-0.39, 0.29) is 23.4 Å². The van der Waals surface area contributed by atoms with Crippen molar-refractivity contribution in [3.8, 4) is 0 Å². The second kappa shape index (κ2) is 13.8. The molecular formula is C31H36ClN3O4S. The molecule has 0 unspecified atom stereocenters. The molecule has 7 nitrogen and oxygen atoms in total. The fourth-order valence-electron chi connectivity index (χ4n) is 5.12. The fraction of sp³-hybridized carbons (Fsp3) is 0.355. The van der Waals surface area contributed by atoms with E-state index < -0.39 is 28.5 Å². The van der Waals surface area contributed by atoms with Gasteiger partial charge in [0.2, 0.25) is 11.8 Å². The summed E-state index contributed by atoms with van der Waals surface area (Å²) in [5.74, 6) is -0.631. The van der Waals surface area contributed by atoms with Crippen LogP contribution in [0.4, 0.5) is 5.69 Å². The van der Waals surface area contributed by atoms with Crippen molar-refractivity contribution in [1.82, 2.24) is 10.2 Å². The van der Waals surface area contributed by atoms with Gasteiger partial charge in [-0.25, -0.2) is 8.42 Å². The summed E-state index contributed by atoms with van der Waals surface area (Å²) in [5.41, 5.74) is 1.39. The molecule has 3 aromatic rings. The van der Waals surface area contributed by atoms with E-state index in [0.29, 0.717) is 23.6 Å². The minimum atomic E-state index is -4.11. The normalized spacial score (nSPS) is 14.4. The summed E-state index contributed by atoms with van der Waals surface area (Å²) >= 11 is 6.00. The van der Waals surface area contributed by atoms with Crippen LogP contribution in [0.3, 0.4) is 0 Å². The molecule has 0 radical (unpaired) electrons. The van der Waals surface area contributed by atoms with Crippen molar-refractivity contribution < 1.29 is 18.0 Å². The van der Waals surface area contributed by atoms with Gasteiger partial charge in [0, 0.05) is 17.6 Å². The Kier molecular flexibility index (Phi) is 10.2. The predicted molar refractivity (Wildman–Crippen MR) is 159 cm³/mol. The van der Waals surface area contributed by atoms with Crippen molar-refractivity contribution in [2.45, 2.75) is 62.4 Å². The number of benzene rings is 3. The third-order valence-corrected chi connectivity index (χ3v) is 9.34. The van der Waals surface area contributed by atoms with Crippen molar-refractivity contribution in [1.29, 1.82) is 0 Å². The first-order valence-electron chi connectivity index (χ1n) is 13.8. The average Bonchev–Trinajstić information content (AvgIpc) is 3.48. The molecule has 9 heteroatoms. The van der Waals surface area contributed by atoms with Gasteiger partial charge in [-0.1, -0.05) is 79.9 Å². The monoisotopic (exact) mass is 581 g/mol. The molecular weight excluding hydrogens is 546 g/mol. The number of sulfonamides is 1. The lowest BCUT2D eigenvalue weighted by Gasteiger charge is -2.33. The van der Waals surface area contributed by atoms with Crippen LogP contribution < -0.4 is 9.62 Å². The maximum atomic E-state index is 14.0. The minimum absolute atomic E-state index is 0.0235. The van der Waals surface area contributed by atoms with Crippen LogP contribution >= 0.6 is 11.6 Å². The lowest BCUT2D eigenvalue weighted by atomic mass is 10.1. The standard InChI is InChI=1S/C31H36ClN3O4S/c1-2-29(31(37)33-26-13-9-10-14-26)34(22-21-24-11-5-3-6-12-24)30(36)23-35(27-15-7-4-8-16-27)40(38,39)28-19-17-25(32)18-20-28/h3-8,11-12,15-20,26,29H,2,9-10,13-14,21-23H2,1H3,(H,33,37)/t29-/m1/s1. The van der Waals surface area contributed by atoms with Crippen LogP contribution in [0, 0.1) is 0 Å². The number of rotatable bonds is 12. The van der Waals surface area contributed by atoms with Gasteiger partial charge in [0.05, 0.1) is 10.6 Å². The first-order valence-corrected chi connectivity index (χ1v) is 15.6. The van der Waals surface area contributed by atoms with Gasteiger partial charge in [-0.2, -0.15) is 0 Å². The Bertz CT molecular complexity index is 1360. The number of para-hydroxylation sites is 1. The number of carbonyl (C=O) groups is 2. The summed E-state index contributed by atoms with van der Waals surface area (Å²) < 4.78 is 28.7. The van der Waals surface area contributed by atoms with Gasteiger partial charge >= 0.3 is 0 Å². The van der Waals surface area contributed by atoms with E-state index in [1.165, 1.54) is 24.3 Å². The maximum Gasteiger partial charge on any atom is 0.264 e. The molecule has 0 aromatic heterocycles. The summed E-state index contributed by atoms with van der Waals surface area (Å²) in [7, 11) is -4.11. The molecule has 0 bridgehead atoms. The maximum absolute atomic E-state index is 14.0. The van der Waals surface area contributed by atoms with E-state index >= 15 is 0 Å². The molecule has 0 saturated heterocycles. The van der Waals surface area contributed by atoms with E-state index in [2.05, 4.69) is 5.32 Å². The second-order valence-electron chi connectivity index (χ2n) is 10.0. The highest BCUT2D eigenvalue weighted by molar-refractivity contribution is 7.92. The predicted octanol–water partition coefficient (Wildman–Crippen LogP) is 5.44. The Morgan fingerprint density at radius 3 is 2.12 bits per heavy atom. The minimum Gasteiger partial charge on any atom is -0.352 e. The Morgan fingerprint density at radius 1 is 0.925 bits per heavy atom.